The van der Waals surface area contributed by atoms with Crippen molar-refractivity contribution in [1.29, 1.82) is 0 Å². The summed E-state index contributed by atoms with van der Waals surface area (Å²) in [6.45, 7) is 40.1. The second kappa shape index (κ2) is 43.9. The standard InChI is InChI=1S/C27H32N2.C24H26N2.C22H24N2O.C18H20N2.C17H18N2O2/c1-17(2)23-11-9-12-24(18(3)4)27(23)28-16-22-10-8-13-25(29-22)26-20(6)14-19(5)15-21(26)7;1-17(2)21-13-9-14-22(18(3)4)24(21)25-16-20-12-8-15-23(26-20)19-10-6-5-7-11-19;1-14(2)18-8-6-9-19(15(3)4)22(18)23-13-17-12-11-16-7-5-10-20(25)21(16)24-17;1-3-8-15(9-4-1)18-13-7-12-17(20-18)14-19-16-10-5-2-6-11-16;1-10-8-14(21)9-11(2)17(10)18-12(3)15-6-5-7-16(19-15)13(4)20/h8-18H,1-7H3;5-18H,1-4H3;5-15,25H,1-4H3;1,3-4,7-9,12-14,16H,2,5-6,10-11H2;5-9,21H,1-4H3. The number of hydrogen-bond acceptors (Lipinski definition) is 13. The first-order valence-electron chi connectivity index (χ1n) is 42.7. The number of carbonyl (C=O) groups is 1. The molecule has 0 atom stereocenters. The molecule has 0 bridgehead atoms. The van der Waals surface area contributed by atoms with Gasteiger partial charge in [-0.3, -0.25) is 29.8 Å². The van der Waals surface area contributed by atoms with Crippen molar-refractivity contribution >= 4 is 70.0 Å². The number of aliphatic imine (C=N–C) groups is 5. The third kappa shape index (κ3) is 25.5. The third-order valence-electron chi connectivity index (χ3n) is 21.3. The van der Waals surface area contributed by atoms with Crippen molar-refractivity contribution in [2.45, 2.75) is 205 Å². The first kappa shape index (κ1) is 90.7. The first-order chi connectivity index (χ1) is 58.1. The zero-order valence-electron chi connectivity index (χ0n) is 74.3. The molecule has 620 valence electrons. The van der Waals surface area contributed by atoms with Gasteiger partial charge in [-0.1, -0.05) is 278 Å². The number of benzene rings is 8. The minimum Gasteiger partial charge on any atom is -0.508 e. The van der Waals surface area contributed by atoms with E-state index in [1.54, 1.807) is 36.5 Å². The summed E-state index contributed by atoms with van der Waals surface area (Å²) >= 11 is 0. The number of aryl methyl sites for hydroxylation is 5. The first-order valence-corrected chi connectivity index (χ1v) is 42.7. The van der Waals surface area contributed by atoms with Crippen LogP contribution in [0, 0.1) is 34.6 Å². The van der Waals surface area contributed by atoms with Gasteiger partial charge in [0, 0.05) is 35.2 Å². The van der Waals surface area contributed by atoms with Crippen LogP contribution in [0.1, 0.15) is 265 Å². The maximum absolute atomic E-state index is 11.4. The predicted octanol–water partition coefficient (Wildman–Crippen LogP) is 28.6. The highest BCUT2D eigenvalue weighted by Gasteiger charge is 2.19. The van der Waals surface area contributed by atoms with Gasteiger partial charge in [-0.2, -0.15) is 0 Å². The molecule has 0 amide bonds. The van der Waals surface area contributed by atoms with E-state index in [0.29, 0.717) is 58.5 Å². The Bertz CT molecular complexity index is 5680. The molecule has 0 saturated heterocycles. The zero-order chi connectivity index (χ0) is 86.8. The summed E-state index contributed by atoms with van der Waals surface area (Å²) in [5.41, 5.74) is 29.6. The van der Waals surface area contributed by atoms with Gasteiger partial charge in [-0.15, -0.1) is 0 Å². The smallest absolute Gasteiger partial charge is 0.178 e. The van der Waals surface area contributed by atoms with Gasteiger partial charge in [0.2, 0.25) is 0 Å². The van der Waals surface area contributed by atoms with E-state index in [-0.39, 0.29) is 17.3 Å². The Hall–Kier alpha value is -12.6. The van der Waals surface area contributed by atoms with Crippen LogP contribution in [-0.2, 0) is 0 Å². The van der Waals surface area contributed by atoms with Crippen molar-refractivity contribution in [3.63, 3.8) is 0 Å². The van der Waals surface area contributed by atoms with Crippen LogP contribution in [0.5, 0.6) is 11.5 Å². The molecule has 0 spiro atoms. The van der Waals surface area contributed by atoms with Gasteiger partial charge < -0.3 is 10.2 Å². The number of hydrogen-bond donors (Lipinski definition) is 2. The molecule has 2 N–H and O–H groups in total. The van der Waals surface area contributed by atoms with Gasteiger partial charge >= 0.3 is 0 Å². The number of aromatic nitrogens is 5. The Balaban J connectivity index is 0.000000160. The minimum atomic E-state index is -0.0679. The van der Waals surface area contributed by atoms with E-state index in [4.69, 9.17) is 29.9 Å². The fourth-order valence-corrected chi connectivity index (χ4v) is 15.0. The van der Waals surface area contributed by atoms with Gasteiger partial charge in [0.1, 0.15) is 22.7 Å². The molecular weight excluding hydrogens is 1490 g/mol. The lowest BCUT2D eigenvalue weighted by Gasteiger charge is -2.16. The Morgan fingerprint density at radius 2 is 0.744 bits per heavy atom. The number of Topliss-reactive ketones (excluding diaryl/α,β-unsaturated/α-hetero) is 1. The lowest BCUT2D eigenvalue weighted by Crippen LogP contribution is -2.09. The SMILES string of the molecule is C(=NC1CCCCC1)c1cccc(-c2ccccc2)n1.CC(=O)c1cccc(C(C)=Nc2c(C)cc(O)cc2C)n1.CC(C)c1cccc(C(C)C)c1N=Cc1ccc2cccc(O)c2n1.CC(C)c1cccc(C(C)C)c1N=Cc1cccc(-c2ccccc2)n1.Cc1cc(C)c(-c2cccc(C=Nc3c(C(C)C)cccc3C(C)C)n2)c(C)c1. The molecular formula is C108H120N10O3. The summed E-state index contributed by atoms with van der Waals surface area (Å²) in [4.78, 5) is 58.5. The van der Waals surface area contributed by atoms with Crippen molar-refractivity contribution in [2.24, 2.45) is 25.0 Å². The molecule has 8 aromatic carbocycles. The summed E-state index contributed by atoms with van der Waals surface area (Å²) in [6.07, 6.45) is 14.0. The number of ketones is 1. The molecule has 0 unspecified atom stereocenters. The van der Waals surface area contributed by atoms with E-state index in [0.717, 1.165) is 96.0 Å². The molecule has 13 aromatic rings. The molecule has 121 heavy (non-hydrogen) atoms. The van der Waals surface area contributed by atoms with Crippen LogP contribution in [-0.4, -0.2) is 77.5 Å². The zero-order valence-corrected chi connectivity index (χ0v) is 74.3. The van der Waals surface area contributed by atoms with Crippen LogP contribution in [0.4, 0.5) is 22.7 Å². The number of pyridine rings is 5. The molecule has 5 aromatic heterocycles. The van der Waals surface area contributed by atoms with E-state index in [9.17, 15) is 15.0 Å². The van der Waals surface area contributed by atoms with E-state index in [1.807, 2.05) is 143 Å². The molecule has 1 fully saturated rings. The van der Waals surface area contributed by atoms with Crippen LogP contribution in [0.25, 0.3) is 44.7 Å². The second-order valence-electron chi connectivity index (χ2n) is 33.2. The number of phenolic OH excluding ortho intramolecular Hbond substituents is 2. The van der Waals surface area contributed by atoms with E-state index < -0.39 is 0 Å². The number of rotatable bonds is 20. The number of carbonyl (C=O) groups excluding carboxylic acids is 1. The van der Waals surface area contributed by atoms with E-state index in [2.05, 4.69) is 233 Å². The van der Waals surface area contributed by atoms with E-state index in [1.165, 1.54) is 94.7 Å². The number of fused-ring (bicyclic) bond motifs is 1. The Kier molecular flexibility index (Phi) is 32.9. The highest BCUT2D eigenvalue weighted by atomic mass is 16.3. The van der Waals surface area contributed by atoms with Crippen LogP contribution < -0.4 is 0 Å². The maximum atomic E-state index is 11.4. The lowest BCUT2D eigenvalue weighted by molar-refractivity contribution is 0.101. The molecule has 13 nitrogen and oxygen atoms in total. The highest BCUT2D eigenvalue weighted by Crippen LogP contribution is 2.39. The van der Waals surface area contributed by atoms with Crippen LogP contribution in [0.15, 0.2) is 268 Å². The Labute approximate surface area is 719 Å². The summed E-state index contributed by atoms with van der Waals surface area (Å²) in [5, 5.41) is 20.5. The molecule has 13 heteroatoms. The van der Waals surface area contributed by atoms with Gasteiger partial charge in [-0.05, 0) is 218 Å². The number of para-hydroxylation sites is 4. The van der Waals surface area contributed by atoms with Crippen molar-refractivity contribution in [3.05, 3.63) is 338 Å². The minimum absolute atomic E-state index is 0.0679. The molecule has 1 aliphatic carbocycles. The quantitative estimate of drug-likeness (QED) is 0.0558. The van der Waals surface area contributed by atoms with Crippen LogP contribution in [0.2, 0.25) is 0 Å². The maximum Gasteiger partial charge on any atom is 0.178 e. The van der Waals surface area contributed by atoms with Gasteiger partial charge in [-0.25, -0.2) is 24.9 Å². The lowest BCUT2D eigenvalue weighted by atomic mass is 9.93. The Morgan fingerprint density at radius 1 is 0.364 bits per heavy atom. The van der Waals surface area contributed by atoms with Crippen molar-refractivity contribution in [1.82, 2.24) is 24.9 Å². The van der Waals surface area contributed by atoms with Crippen molar-refractivity contribution < 1.29 is 15.0 Å². The monoisotopic (exact) mass is 1600 g/mol. The summed E-state index contributed by atoms with van der Waals surface area (Å²) in [7, 11) is 0. The third-order valence-corrected chi connectivity index (χ3v) is 21.3. The predicted molar refractivity (Wildman–Crippen MR) is 510 cm³/mol. The molecule has 14 rings (SSSR count). The van der Waals surface area contributed by atoms with Crippen molar-refractivity contribution in [2.75, 3.05) is 0 Å². The molecule has 1 saturated carbocycles. The molecule has 1 aliphatic rings. The molecule has 0 aliphatic heterocycles. The molecule has 0 radical (unpaired) electrons. The topological polar surface area (TPSA) is 184 Å². The van der Waals surface area contributed by atoms with E-state index >= 15 is 0 Å². The number of phenols is 2. The fraction of sp³-hybridized carbons (Fsp3) is 0.287. The van der Waals surface area contributed by atoms with Gasteiger partial charge in [0.25, 0.3) is 0 Å². The van der Waals surface area contributed by atoms with Gasteiger partial charge in [0.05, 0.1) is 98.7 Å². The largest absolute Gasteiger partial charge is 0.508 e. The van der Waals surface area contributed by atoms with Gasteiger partial charge in [0.15, 0.2) is 5.78 Å². The average Bonchev–Trinajstić information content (AvgIpc) is 0.455. The van der Waals surface area contributed by atoms with Crippen molar-refractivity contribution in [3.8, 4) is 45.3 Å². The summed E-state index contributed by atoms with van der Waals surface area (Å²) in [6, 6.07) is 81.2. The highest BCUT2D eigenvalue weighted by molar-refractivity contribution is 6.01. The normalized spacial score (nSPS) is 12.5. The fourth-order valence-electron chi connectivity index (χ4n) is 15.0. The number of aromatic hydroxyl groups is 2. The Morgan fingerprint density at radius 3 is 1.17 bits per heavy atom. The molecule has 5 heterocycles. The average molecular weight is 1610 g/mol. The van der Waals surface area contributed by atoms with Crippen LogP contribution in [0.3, 0.4) is 0 Å². The number of nitrogens with zero attached hydrogens (tertiary/aromatic N) is 10. The van der Waals surface area contributed by atoms with Crippen LogP contribution >= 0.6 is 0 Å². The summed E-state index contributed by atoms with van der Waals surface area (Å²) in [5.74, 6) is 2.89. The summed E-state index contributed by atoms with van der Waals surface area (Å²) < 4.78 is 0. The second-order valence-corrected chi connectivity index (χ2v) is 33.2.